The van der Waals surface area contributed by atoms with Gasteiger partial charge < -0.3 is 4.52 Å². The summed E-state index contributed by atoms with van der Waals surface area (Å²) >= 11 is 0. The van der Waals surface area contributed by atoms with Crippen LogP contribution in [0.25, 0.3) is 22.8 Å². The molecule has 1 N–H and O–H groups in total. The summed E-state index contributed by atoms with van der Waals surface area (Å²) in [6.45, 7) is 6.19. The van der Waals surface area contributed by atoms with Crippen molar-refractivity contribution in [3.05, 3.63) is 36.0 Å². The van der Waals surface area contributed by atoms with Crippen molar-refractivity contribution in [2.24, 2.45) is 0 Å². The molecule has 6 nitrogen and oxygen atoms in total. The molecule has 0 bridgehead atoms. The first kappa shape index (κ1) is 15.4. The quantitative estimate of drug-likeness (QED) is 0.740. The third kappa shape index (κ3) is 3.47. The number of nitrogens with one attached hydrogen (secondary N) is 1. The van der Waals surface area contributed by atoms with Gasteiger partial charge in [0.05, 0.1) is 0 Å². The molecule has 0 unspecified atom stereocenters. The maximum Gasteiger partial charge on any atom is 0.229 e. The van der Waals surface area contributed by atoms with Crippen LogP contribution in [0, 0.1) is 6.92 Å². The van der Waals surface area contributed by atoms with Crippen LogP contribution < -0.4 is 0 Å². The van der Waals surface area contributed by atoms with Gasteiger partial charge in [0.1, 0.15) is 5.82 Å². The average Bonchev–Trinajstić information content (AvgIpc) is 3.22. The first-order valence-corrected chi connectivity index (χ1v) is 8.00. The Labute approximate surface area is 135 Å². The summed E-state index contributed by atoms with van der Waals surface area (Å²) in [6.07, 6.45) is 3.40. The van der Waals surface area contributed by atoms with E-state index in [1.807, 2.05) is 31.2 Å². The Balaban J connectivity index is 1.83. The molecule has 6 heteroatoms. The van der Waals surface area contributed by atoms with Crippen molar-refractivity contribution >= 4 is 0 Å². The van der Waals surface area contributed by atoms with Crippen LogP contribution in [0.3, 0.4) is 0 Å². The second-order valence-corrected chi connectivity index (χ2v) is 5.82. The van der Waals surface area contributed by atoms with E-state index in [2.05, 4.69) is 39.2 Å². The highest BCUT2D eigenvalue weighted by molar-refractivity contribution is 5.65. The van der Waals surface area contributed by atoms with E-state index in [1.54, 1.807) is 0 Å². The zero-order chi connectivity index (χ0) is 16.2. The number of hydrogen-bond donors (Lipinski definition) is 1. The van der Waals surface area contributed by atoms with Crippen LogP contribution in [0.1, 0.15) is 50.7 Å². The Bertz CT molecular complexity index is 777. The van der Waals surface area contributed by atoms with Crippen LogP contribution in [-0.4, -0.2) is 25.3 Å². The van der Waals surface area contributed by atoms with Gasteiger partial charge in [0, 0.05) is 17.0 Å². The summed E-state index contributed by atoms with van der Waals surface area (Å²) in [6, 6.07) is 7.87. The lowest BCUT2D eigenvalue weighted by molar-refractivity contribution is 0.351. The molecule has 1 aromatic carbocycles. The number of rotatable bonds is 6. The summed E-state index contributed by atoms with van der Waals surface area (Å²) in [7, 11) is 0. The largest absolute Gasteiger partial charge is 0.339 e. The molecule has 0 spiro atoms. The molecule has 0 amide bonds. The van der Waals surface area contributed by atoms with E-state index in [4.69, 9.17) is 4.52 Å². The summed E-state index contributed by atoms with van der Waals surface area (Å²) in [5, 5.41) is 11.2. The monoisotopic (exact) mass is 311 g/mol. The maximum absolute atomic E-state index is 5.43. The molecule has 0 radical (unpaired) electrons. The Morgan fingerprint density at radius 1 is 1.17 bits per heavy atom. The van der Waals surface area contributed by atoms with E-state index >= 15 is 0 Å². The molecule has 1 atom stereocenters. The zero-order valence-electron chi connectivity index (χ0n) is 13.7. The molecule has 120 valence electrons. The summed E-state index contributed by atoms with van der Waals surface area (Å²) in [5.74, 6) is 3.06. The van der Waals surface area contributed by atoms with E-state index in [1.165, 1.54) is 12.8 Å². The van der Waals surface area contributed by atoms with Gasteiger partial charge >= 0.3 is 0 Å². The highest BCUT2D eigenvalue weighted by Crippen LogP contribution is 2.25. The fourth-order valence-corrected chi connectivity index (χ4v) is 2.46. The lowest BCUT2D eigenvalue weighted by atomic mass is 10.0. The minimum atomic E-state index is 0.287. The molecule has 0 aliphatic carbocycles. The molecule has 3 rings (SSSR count). The first-order chi connectivity index (χ1) is 11.2. The minimum Gasteiger partial charge on any atom is -0.339 e. The molecule has 23 heavy (non-hydrogen) atoms. The van der Waals surface area contributed by atoms with Gasteiger partial charge in [-0.1, -0.05) is 50.0 Å². The van der Waals surface area contributed by atoms with Gasteiger partial charge in [-0.3, -0.25) is 5.10 Å². The summed E-state index contributed by atoms with van der Waals surface area (Å²) in [5.41, 5.74) is 1.83. The first-order valence-electron chi connectivity index (χ1n) is 8.00. The normalized spacial score (nSPS) is 12.5. The van der Waals surface area contributed by atoms with Crippen molar-refractivity contribution in [3.63, 3.8) is 0 Å². The van der Waals surface area contributed by atoms with E-state index in [9.17, 15) is 0 Å². The van der Waals surface area contributed by atoms with Crippen LogP contribution in [0.5, 0.6) is 0 Å². The Kier molecular flexibility index (Phi) is 4.50. The molecular formula is C17H21N5O. The second kappa shape index (κ2) is 6.73. The van der Waals surface area contributed by atoms with Gasteiger partial charge in [-0.15, -0.1) is 0 Å². The molecule has 0 aliphatic heterocycles. The van der Waals surface area contributed by atoms with Crippen molar-refractivity contribution in [3.8, 4) is 22.8 Å². The lowest BCUT2D eigenvalue weighted by Gasteiger charge is -2.03. The molecule has 0 saturated carbocycles. The fourth-order valence-electron chi connectivity index (χ4n) is 2.46. The van der Waals surface area contributed by atoms with Gasteiger partial charge in [0.25, 0.3) is 0 Å². The fraction of sp³-hybridized carbons (Fsp3) is 0.412. The van der Waals surface area contributed by atoms with Crippen molar-refractivity contribution in [1.29, 1.82) is 0 Å². The van der Waals surface area contributed by atoms with E-state index in [0.29, 0.717) is 17.5 Å². The van der Waals surface area contributed by atoms with Crippen molar-refractivity contribution in [2.75, 3.05) is 0 Å². The van der Waals surface area contributed by atoms with Gasteiger partial charge in [-0.25, -0.2) is 4.98 Å². The van der Waals surface area contributed by atoms with E-state index in [-0.39, 0.29) is 5.92 Å². The Morgan fingerprint density at radius 2 is 1.96 bits per heavy atom. The lowest BCUT2D eigenvalue weighted by Crippen LogP contribution is -1.93. The number of benzene rings is 1. The number of H-pyrrole nitrogens is 1. The summed E-state index contributed by atoms with van der Waals surface area (Å²) < 4.78 is 5.43. The van der Waals surface area contributed by atoms with Gasteiger partial charge in [0.2, 0.25) is 11.7 Å². The average molecular weight is 311 g/mol. The van der Waals surface area contributed by atoms with Gasteiger partial charge in [-0.2, -0.15) is 10.1 Å². The molecule has 0 saturated heterocycles. The van der Waals surface area contributed by atoms with Crippen LogP contribution in [0.4, 0.5) is 0 Å². The Morgan fingerprint density at radius 3 is 2.65 bits per heavy atom. The van der Waals surface area contributed by atoms with Gasteiger partial charge in [-0.05, 0) is 19.4 Å². The van der Waals surface area contributed by atoms with Gasteiger partial charge in [0.15, 0.2) is 5.82 Å². The standard InChI is InChI=1S/C17H21N5O/c1-4-5-7-11(2)17-19-16(22-23-17)14-9-6-8-13(10-14)15-18-12(3)20-21-15/h6,8-11H,4-5,7H2,1-3H3,(H,18,20,21)/t11-/m0/s1. The zero-order valence-corrected chi connectivity index (χ0v) is 13.7. The predicted octanol–water partition coefficient (Wildman–Crippen LogP) is 4.12. The molecule has 2 heterocycles. The van der Waals surface area contributed by atoms with E-state index in [0.717, 1.165) is 23.4 Å². The summed E-state index contributed by atoms with van der Waals surface area (Å²) in [4.78, 5) is 8.90. The maximum atomic E-state index is 5.43. The smallest absolute Gasteiger partial charge is 0.229 e. The third-order valence-corrected chi connectivity index (χ3v) is 3.83. The highest BCUT2D eigenvalue weighted by Gasteiger charge is 2.15. The van der Waals surface area contributed by atoms with Crippen LogP contribution >= 0.6 is 0 Å². The number of aryl methyl sites for hydroxylation is 1. The van der Waals surface area contributed by atoms with Crippen LogP contribution in [0.15, 0.2) is 28.8 Å². The van der Waals surface area contributed by atoms with Crippen molar-refractivity contribution in [1.82, 2.24) is 25.3 Å². The van der Waals surface area contributed by atoms with Crippen LogP contribution in [0.2, 0.25) is 0 Å². The number of unbranched alkanes of at least 4 members (excludes halogenated alkanes) is 1. The SMILES string of the molecule is CCCC[C@H](C)c1nc(-c2cccc(-c3n[nH]c(C)n3)c2)no1. The second-order valence-electron chi connectivity index (χ2n) is 5.82. The topological polar surface area (TPSA) is 80.5 Å². The number of nitrogens with zero attached hydrogens (tertiary/aromatic N) is 4. The van der Waals surface area contributed by atoms with Crippen molar-refractivity contribution in [2.45, 2.75) is 46.0 Å². The van der Waals surface area contributed by atoms with Crippen LogP contribution in [-0.2, 0) is 0 Å². The Hall–Kier alpha value is -2.50. The van der Waals surface area contributed by atoms with Crippen molar-refractivity contribution < 1.29 is 4.52 Å². The number of hydrogen-bond acceptors (Lipinski definition) is 5. The molecular weight excluding hydrogens is 290 g/mol. The molecule has 0 aliphatic rings. The predicted molar refractivity (Wildman–Crippen MR) is 87.8 cm³/mol. The molecule has 2 aromatic heterocycles. The molecule has 3 aromatic rings. The highest BCUT2D eigenvalue weighted by atomic mass is 16.5. The number of aromatic nitrogens is 5. The number of aromatic amines is 1. The molecule has 0 fully saturated rings. The minimum absolute atomic E-state index is 0.287. The van der Waals surface area contributed by atoms with E-state index < -0.39 is 0 Å². The third-order valence-electron chi connectivity index (χ3n) is 3.83.